The van der Waals surface area contributed by atoms with Crippen LogP contribution in [-0.2, 0) is 20.1 Å². The Morgan fingerprint density at radius 1 is 0.839 bits per heavy atom. The molecule has 0 N–H and O–H groups in total. The van der Waals surface area contributed by atoms with Gasteiger partial charge in [-0.15, -0.1) is 5.10 Å². The Bertz CT molecular complexity index is 1540. The molecule has 2 aromatic carbocycles. The Balaban J connectivity index is 1.73. The van der Waals surface area contributed by atoms with Gasteiger partial charge in [-0.2, -0.15) is 5.10 Å². The number of benzene rings is 2. The van der Waals surface area contributed by atoms with Crippen LogP contribution in [0.1, 0.15) is 11.1 Å². The maximum atomic E-state index is 13.3. The first-order valence-electron chi connectivity index (χ1n) is 9.45. The predicted molar refractivity (Wildman–Crippen MR) is 109 cm³/mol. The van der Waals surface area contributed by atoms with E-state index in [1.165, 1.54) is 42.6 Å². The highest BCUT2D eigenvalue weighted by Crippen LogP contribution is 2.12. The van der Waals surface area contributed by atoms with E-state index in [9.17, 15) is 18.4 Å². The van der Waals surface area contributed by atoms with Gasteiger partial charge >= 0.3 is 5.69 Å². The minimum atomic E-state index is -0.454. The van der Waals surface area contributed by atoms with E-state index in [-0.39, 0.29) is 36.0 Å². The number of rotatable bonds is 4. The van der Waals surface area contributed by atoms with Crippen LogP contribution in [0.4, 0.5) is 8.78 Å². The summed E-state index contributed by atoms with van der Waals surface area (Å²) in [6, 6.07) is 11.5. The summed E-state index contributed by atoms with van der Waals surface area (Å²) in [5, 5.41) is 8.60. The highest BCUT2D eigenvalue weighted by atomic mass is 19.1. The topological polar surface area (TPSA) is 79.1 Å². The van der Waals surface area contributed by atoms with Gasteiger partial charge in [-0.3, -0.25) is 14.0 Å². The van der Waals surface area contributed by atoms with E-state index >= 15 is 0 Å². The highest BCUT2D eigenvalue weighted by molar-refractivity contribution is 5.75. The van der Waals surface area contributed by atoms with Gasteiger partial charge in [0.2, 0.25) is 5.78 Å². The number of halogens is 2. The van der Waals surface area contributed by atoms with Crippen LogP contribution < -0.4 is 11.2 Å². The van der Waals surface area contributed by atoms with Crippen molar-refractivity contribution >= 4 is 16.8 Å². The summed E-state index contributed by atoms with van der Waals surface area (Å²) < 4.78 is 31.9. The summed E-state index contributed by atoms with van der Waals surface area (Å²) in [6.45, 7) is 0.190. The van der Waals surface area contributed by atoms with Gasteiger partial charge in [-0.25, -0.2) is 22.7 Å². The normalized spacial score (nSPS) is 11.6. The third kappa shape index (κ3) is 3.21. The van der Waals surface area contributed by atoms with Gasteiger partial charge in [0.1, 0.15) is 17.2 Å². The fourth-order valence-corrected chi connectivity index (χ4v) is 3.57. The van der Waals surface area contributed by atoms with E-state index < -0.39 is 11.2 Å². The average molecular weight is 422 g/mol. The first-order chi connectivity index (χ1) is 14.9. The van der Waals surface area contributed by atoms with Crippen molar-refractivity contribution in [2.24, 2.45) is 7.05 Å². The van der Waals surface area contributed by atoms with Crippen molar-refractivity contribution in [2.75, 3.05) is 0 Å². The maximum absolute atomic E-state index is 13.3. The molecule has 0 aliphatic heterocycles. The monoisotopic (exact) mass is 422 g/mol. The molecule has 10 heteroatoms. The van der Waals surface area contributed by atoms with Crippen molar-refractivity contribution in [1.82, 2.24) is 28.5 Å². The van der Waals surface area contributed by atoms with Gasteiger partial charge in [0, 0.05) is 13.2 Å². The molecule has 3 aromatic heterocycles. The second kappa shape index (κ2) is 7.01. The van der Waals surface area contributed by atoms with Crippen LogP contribution in [-0.4, -0.2) is 28.5 Å². The molecule has 5 rings (SSSR count). The van der Waals surface area contributed by atoms with E-state index in [1.807, 2.05) is 0 Å². The van der Waals surface area contributed by atoms with Crippen molar-refractivity contribution in [3.05, 3.63) is 98.3 Å². The van der Waals surface area contributed by atoms with Gasteiger partial charge in [0.05, 0.1) is 13.1 Å². The zero-order chi connectivity index (χ0) is 21.7. The molecule has 0 radical (unpaired) electrons. The summed E-state index contributed by atoms with van der Waals surface area (Å²) in [5.41, 5.74) is 0.952. The molecule has 0 fully saturated rings. The number of nitrogens with zero attached hydrogens (tertiary/aromatic N) is 6. The van der Waals surface area contributed by atoms with E-state index in [0.29, 0.717) is 16.6 Å². The van der Waals surface area contributed by atoms with Crippen molar-refractivity contribution in [3.8, 4) is 0 Å². The molecule has 0 bridgehead atoms. The first-order valence-corrected chi connectivity index (χ1v) is 9.45. The molecule has 0 saturated heterocycles. The van der Waals surface area contributed by atoms with Crippen LogP contribution in [0.3, 0.4) is 0 Å². The molecule has 5 aromatic rings. The first kappa shape index (κ1) is 18.9. The molecule has 0 atom stereocenters. The van der Waals surface area contributed by atoms with Gasteiger partial charge in [0.15, 0.2) is 5.52 Å². The van der Waals surface area contributed by atoms with E-state index in [2.05, 4.69) is 10.2 Å². The smallest absolute Gasteiger partial charge is 0.273 e. The van der Waals surface area contributed by atoms with E-state index in [1.54, 1.807) is 37.5 Å². The Kier molecular flexibility index (Phi) is 4.28. The third-order valence-corrected chi connectivity index (χ3v) is 5.06. The number of hydrogen-bond acceptors (Lipinski definition) is 4. The number of fused-ring (bicyclic) bond motifs is 3. The Hall–Kier alpha value is -4.08. The van der Waals surface area contributed by atoms with Crippen LogP contribution >= 0.6 is 0 Å². The van der Waals surface area contributed by atoms with E-state index in [4.69, 9.17) is 0 Å². The lowest BCUT2D eigenvalue weighted by atomic mass is 10.2. The number of hydrogen-bond donors (Lipinski definition) is 0. The molecule has 0 saturated carbocycles. The molecular weight excluding hydrogens is 406 g/mol. The van der Waals surface area contributed by atoms with Gasteiger partial charge in [0.25, 0.3) is 5.56 Å². The van der Waals surface area contributed by atoms with Crippen LogP contribution in [0.2, 0.25) is 0 Å². The SMILES string of the molecule is Cn1cc2c(n1)c(=O)n(Cc1ccc(F)cc1)c1nn(Cc3ccc(F)cc3)c(=O)n21. The van der Waals surface area contributed by atoms with Crippen LogP contribution in [0, 0.1) is 11.6 Å². The molecule has 31 heavy (non-hydrogen) atoms. The lowest BCUT2D eigenvalue weighted by Crippen LogP contribution is -2.26. The summed E-state index contributed by atoms with van der Waals surface area (Å²) in [6.07, 6.45) is 1.58. The van der Waals surface area contributed by atoms with Gasteiger partial charge in [-0.05, 0) is 35.4 Å². The minimum absolute atomic E-state index is 0.0854. The second-order valence-corrected chi connectivity index (χ2v) is 7.26. The van der Waals surface area contributed by atoms with Crippen LogP contribution in [0.15, 0.2) is 64.3 Å². The van der Waals surface area contributed by atoms with Gasteiger partial charge < -0.3 is 0 Å². The van der Waals surface area contributed by atoms with Crippen LogP contribution in [0.25, 0.3) is 16.8 Å². The average Bonchev–Trinajstić information content (AvgIpc) is 3.28. The summed E-state index contributed by atoms with van der Waals surface area (Å²) in [5.74, 6) is -0.626. The number of aromatic nitrogens is 6. The zero-order valence-corrected chi connectivity index (χ0v) is 16.4. The maximum Gasteiger partial charge on any atom is 0.352 e. The summed E-state index contributed by atoms with van der Waals surface area (Å²) >= 11 is 0. The third-order valence-electron chi connectivity index (χ3n) is 5.06. The molecule has 0 amide bonds. The summed E-state index contributed by atoms with van der Waals surface area (Å²) in [4.78, 5) is 26.3. The standard InChI is InChI=1S/C21H16F2N6O2/c1-26-12-17-18(24-26)19(30)27(10-13-2-6-15(22)7-3-13)20-25-28(21(31)29(17)20)11-14-4-8-16(23)9-5-14/h2-9,12H,10-11H2,1H3. The molecule has 0 spiro atoms. The lowest BCUT2D eigenvalue weighted by Gasteiger charge is -2.07. The van der Waals surface area contributed by atoms with Crippen molar-refractivity contribution in [2.45, 2.75) is 13.1 Å². The Labute approximate surface area is 173 Å². The molecule has 156 valence electrons. The summed E-state index contributed by atoms with van der Waals surface area (Å²) in [7, 11) is 1.66. The molecule has 3 heterocycles. The predicted octanol–water partition coefficient (Wildman–Crippen LogP) is 1.92. The molecule has 0 aliphatic rings. The van der Waals surface area contributed by atoms with Crippen molar-refractivity contribution in [1.29, 1.82) is 0 Å². The zero-order valence-electron chi connectivity index (χ0n) is 16.4. The highest BCUT2D eigenvalue weighted by Gasteiger charge is 2.20. The fraction of sp³-hybridized carbons (Fsp3) is 0.143. The molecule has 0 aliphatic carbocycles. The van der Waals surface area contributed by atoms with E-state index in [0.717, 1.165) is 0 Å². The number of aryl methyl sites for hydroxylation is 1. The van der Waals surface area contributed by atoms with Crippen molar-refractivity contribution < 1.29 is 8.78 Å². The second-order valence-electron chi connectivity index (χ2n) is 7.26. The lowest BCUT2D eigenvalue weighted by molar-refractivity contribution is 0.621. The quantitative estimate of drug-likeness (QED) is 0.443. The van der Waals surface area contributed by atoms with Gasteiger partial charge in [-0.1, -0.05) is 24.3 Å². The van der Waals surface area contributed by atoms with Crippen molar-refractivity contribution in [3.63, 3.8) is 0 Å². The molecule has 0 unspecified atom stereocenters. The Morgan fingerprint density at radius 2 is 1.42 bits per heavy atom. The fourth-order valence-electron chi connectivity index (χ4n) is 3.57. The van der Waals surface area contributed by atoms with Crippen LogP contribution in [0.5, 0.6) is 0 Å². The minimum Gasteiger partial charge on any atom is -0.273 e. The largest absolute Gasteiger partial charge is 0.352 e. The molecular formula is C21H16F2N6O2. The molecule has 8 nitrogen and oxygen atoms in total. The Morgan fingerprint density at radius 3 is 2.03 bits per heavy atom.